The van der Waals surface area contributed by atoms with E-state index in [-0.39, 0.29) is 22.1 Å². The molecule has 1 N–H and O–H groups in total. The van der Waals surface area contributed by atoms with Gasteiger partial charge in [-0.15, -0.1) is 10.2 Å². The molecule has 0 saturated heterocycles. The summed E-state index contributed by atoms with van der Waals surface area (Å²) in [5.74, 6) is 0.768. The molecule has 13 heteroatoms. The Morgan fingerprint density at radius 2 is 1.97 bits per heavy atom. The van der Waals surface area contributed by atoms with Gasteiger partial charge in [0.25, 0.3) is 5.56 Å². The lowest BCUT2D eigenvalue weighted by atomic mass is 10.1. The lowest BCUT2D eigenvalue weighted by Crippen LogP contribution is -2.17. The fraction of sp³-hybridized carbons (Fsp3) is 0.368. The number of aromatic nitrogens is 8. The highest BCUT2D eigenvalue weighted by Crippen LogP contribution is 2.31. The van der Waals surface area contributed by atoms with Crippen LogP contribution in [0.2, 0.25) is 0 Å². The minimum atomic E-state index is -4.11. The number of hydrogen-bond donors (Lipinski definition) is 1. The first-order chi connectivity index (χ1) is 15.3. The zero-order valence-electron chi connectivity index (χ0n) is 18.0. The monoisotopic (exact) mass is 458 g/mol. The van der Waals surface area contributed by atoms with E-state index in [9.17, 15) is 13.2 Å². The molecule has 168 valence electrons. The second kappa shape index (κ2) is 8.15. The molecule has 0 saturated carbocycles. The van der Waals surface area contributed by atoms with Gasteiger partial charge in [-0.25, -0.2) is 4.98 Å². The van der Waals surface area contributed by atoms with E-state index in [1.165, 1.54) is 29.8 Å². The third kappa shape index (κ3) is 3.64. The standard InChI is InChI=1S/C19H22N8O4S/c1-5-7-14-16-17(26(4)24-14)19(28)21-18(20-16)13-10-12(8-9-15(13)31-6-2)32(29,30)27-23-11(3)22-25-27/h8-10H,5-7H2,1-4H3,(H,20,21,28). The Bertz CT molecular complexity index is 1470. The smallest absolute Gasteiger partial charge is 0.300 e. The summed E-state index contributed by atoms with van der Waals surface area (Å²) >= 11 is 0. The van der Waals surface area contributed by atoms with Crippen molar-refractivity contribution in [3.05, 3.63) is 40.1 Å². The maximum Gasteiger partial charge on any atom is 0.300 e. The Hall–Kier alpha value is -3.61. The molecule has 0 amide bonds. The SMILES string of the molecule is CCCc1nn(C)c2c(=O)[nH]c(-c3cc(S(=O)(=O)n4nnc(C)n4)ccc3OCC)nc12. The Labute approximate surface area is 183 Å². The molecule has 1 aromatic carbocycles. The third-order valence-corrected chi connectivity index (χ3v) is 6.20. The average molecular weight is 459 g/mol. The molecule has 0 spiro atoms. The number of nitrogens with one attached hydrogen (secondary N) is 1. The van der Waals surface area contributed by atoms with Crippen molar-refractivity contribution < 1.29 is 13.2 Å². The van der Waals surface area contributed by atoms with Crippen LogP contribution in [0.15, 0.2) is 27.9 Å². The summed E-state index contributed by atoms with van der Waals surface area (Å²) in [7, 11) is -2.42. The molecule has 0 radical (unpaired) electrons. The first-order valence-corrected chi connectivity index (χ1v) is 11.5. The Morgan fingerprint density at radius 3 is 2.62 bits per heavy atom. The van der Waals surface area contributed by atoms with Gasteiger partial charge in [-0.2, -0.15) is 13.5 Å². The molecule has 0 fully saturated rings. The number of H-pyrrole nitrogens is 1. The number of rotatable bonds is 7. The van der Waals surface area contributed by atoms with Crippen LogP contribution in [-0.2, 0) is 23.5 Å². The van der Waals surface area contributed by atoms with E-state index in [1.54, 1.807) is 14.0 Å². The second-order valence-corrected chi connectivity index (χ2v) is 8.84. The summed E-state index contributed by atoms with van der Waals surface area (Å²) in [6.07, 6.45) is 1.48. The van der Waals surface area contributed by atoms with Crippen LogP contribution in [0, 0.1) is 6.92 Å². The topological polar surface area (TPSA) is 151 Å². The van der Waals surface area contributed by atoms with Crippen LogP contribution in [0.1, 0.15) is 31.8 Å². The van der Waals surface area contributed by atoms with E-state index in [0.29, 0.717) is 45.3 Å². The number of fused-ring (bicyclic) bond motifs is 1. The van der Waals surface area contributed by atoms with Gasteiger partial charge in [-0.1, -0.05) is 13.3 Å². The Morgan fingerprint density at radius 1 is 1.19 bits per heavy atom. The van der Waals surface area contributed by atoms with Crippen LogP contribution in [0.4, 0.5) is 0 Å². The number of aryl methyl sites for hydroxylation is 3. The van der Waals surface area contributed by atoms with Gasteiger partial charge in [0.15, 0.2) is 11.3 Å². The van der Waals surface area contributed by atoms with Gasteiger partial charge in [0.2, 0.25) is 0 Å². The molecule has 0 aliphatic rings. The first kappa shape index (κ1) is 21.6. The highest BCUT2D eigenvalue weighted by atomic mass is 32.2. The molecule has 4 aromatic rings. The van der Waals surface area contributed by atoms with Crippen LogP contribution < -0.4 is 10.3 Å². The normalized spacial score (nSPS) is 11.9. The largest absolute Gasteiger partial charge is 0.493 e. The summed E-state index contributed by atoms with van der Waals surface area (Å²) in [5, 5.41) is 15.4. The molecule has 3 aromatic heterocycles. The van der Waals surface area contributed by atoms with Crippen molar-refractivity contribution in [3.8, 4) is 17.1 Å². The Kier molecular flexibility index (Phi) is 5.50. The minimum absolute atomic E-state index is 0.101. The zero-order chi connectivity index (χ0) is 23.0. The zero-order valence-corrected chi connectivity index (χ0v) is 18.8. The van der Waals surface area contributed by atoms with Gasteiger partial charge in [0, 0.05) is 7.05 Å². The number of ether oxygens (including phenoxy) is 1. The van der Waals surface area contributed by atoms with Crippen molar-refractivity contribution in [3.63, 3.8) is 0 Å². The maximum atomic E-state index is 13.0. The van der Waals surface area contributed by atoms with Crippen LogP contribution in [0.3, 0.4) is 0 Å². The van der Waals surface area contributed by atoms with Crippen molar-refractivity contribution in [1.29, 1.82) is 0 Å². The number of hydrogen-bond acceptors (Lipinski definition) is 9. The van der Waals surface area contributed by atoms with Gasteiger partial charge >= 0.3 is 10.0 Å². The number of tetrazole rings is 1. The highest BCUT2D eigenvalue weighted by molar-refractivity contribution is 7.89. The number of aromatic amines is 1. The van der Waals surface area contributed by atoms with Gasteiger partial charge in [-0.3, -0.25) is 9.48 Å². The third-order valence-electron chi connectivity index (χ3n) is 4.76. The van der Waals surface area contributed by atoms with Crippen molar-refractivity contribution >= 4 is 21.1 Å². The van der Waals surface area contributed by atoms with E-state index in [1.807, 2.05) is 6.92 Å². The molecule has 0 aliphatic carbocycles. The lowest BCUT2D eigenvalue weighted by Gasteiger charge is -2.12. The molecule has 0 atom stereocenters. The predicted octanol–water partition coefficient (Wildman–Crippen LogP) is 1.21. The van der Waals surface area contributed by atoms with Crippen molar-refractivity contribution in [2.24, 2.45) is 7.05 Å². The average Bonchev–Trinajstić information content (AvgIpc) is 3.33. The minimum Gasteiger partial charge on any atom is -0.493 e. The maximum absolute atomic E-state index is 13.0. The summed E-state index contributed by atoms with van der Waals surface area (Å²) in [6, 6.07) is 4.26. The van der Waals surface area contributed by atoms with Gasteiger partial charge in [0.1, 0.15) is 17.1 Å². The van der Waals surface area contributed by atoms with E-state index in [0.717, 1.165) is 6.42 Å². The number of benzene rings is 1. The Balaban J connectivity index is 1.94. The van der Waals surface area contributed by atoms with E-state index >= 15 is 0 Å². The fourth-order valence-corrected chi connectivity index (χ4v) is 4.43. The van der Waals surface area contributed by atoms with Crippen LogP contribution in [0.25, 0.3) is 22.4 Å². The van der Waals surface area contributed by atoms with Crippen molar-refractivity contribution in [2.45, 2.75) is 38.5 Å². The molecule has 12 nitrogen and oxygen atoms in total. The van der Waals surface area contributed by atoms with E-state index in [4.69, 9.17) is 4.74 Å². The summed E-state index contributed by atoms with van der Waals surface area (Å²) < 4.78 is 33.7. The van der Waals surface area contributed by atoms with Gasteiger partial charge in [0.05, 0.1) is 22.8 Å². The molecule has 0 aliphatic heterocycles. The fourth-order valence-electron chi connectivity index (χ4n) is 3.38. The quantitative estimate of drug-likeness (QED) is 0.431. The van der Waals surface area contributed by atoms with Gasteiger partial charge in [-0.05, 0) is 47.9 Å². The highest BCUT2D eigenvalue weighted by Gasteiger charge is 2.24. The van der Waals surface area contributed by atoms with Gasteiger partial charge < -0.3 is 9.72 Å². The molecule has 4 rings (SSSR count). The molecule has 0 unspecified atom stereocenters. The lowest BCUT2D eigenvalue weighted by molar-refractivity contribution is 0.341. The first-order valence-electron chi connectivity index (χ1n) is 10.0. The predicted molar refractivity (Wildman–Crippen MR) is 115 cm³/mol. The molecule has 32 heavy (non-hydrogen) atoms. The van der Waals surface area contributed by atoms with E-state index in [2.05, 4.69) is 30.5 Å². The van der Waals surface area contributed by atoms with Crippen LogP contribution >= 0.6 is 0 Å². The van der Waals surface area contributed by atoms with Crippen LogP contribution in [-0.4, -0.2) is 54.4 Å². The summed E-state index contributed by atoms with van der Waals surface area (Å²) in [4.78, 5) is 20.1. The molecular formula is C19H22N8O4S. The van der Waals surface area contributed by atoms with Crippen molar-refractivity contribution in [1.82, 2.24) is 39.4 Å². The number of nitrogens with zero attached hydrogens (tertiary/aromatic N) is 7. The molecule has 3 heterocycles. The molecule has 0 bridgehead atoms. The summed E-state index contributed by atoms with van der Waals surface area (Å²) in [5.41, 5.74) is 1.45. The molecular weight excluding hydrogens is 436 g/mol. The van der Waals surface area contributed by atoms with E-state index < -0.39 is 10.0 Å². The van der Waals surface area contributed by atoms with Crippen LogP contribution in [0.5, 0.6) is 5.75 Å². The van der Waals surface area contributed by atoms with Crippen molar-refractivity contribution in [2.75, 3.05) is 6.61 Å². The second-order valence-electron chi connectivity index (χ2n) is 7.09. The summed E-state index contributed by atoms with van der Waals surface area (Å²) in [6.45, 7) is 5.68.